The third kappa shape index (κ3) is 5.00. The Balaban J connectivity index is 1.89. The monoisotopic (exact) mass is 434 g/mol. The summed E-state index contributed by atoms with van der Waals surface area (Å²) >= 11 is 10.6. The van der Waals surface area contributed by atoms with E-state index in [0.29, 0.717) is 10.2 Å². The molecule has 0 aliphatic heterocycles. The maximum absolute atomic E-state index is 5.24. The summed E-state index contributed by atoms with van der Waals surface area (Å²) in [5.74, 6) is 0.819. The second-order valence-corrected chi connectivity index (χ2v) is 7.46. The van der Waals surface area contributed by atoms with Crippen LogP contribution in [0, 0.1) is 3.57 Å². The molecule has 0 spiro atoms. The highest BCUT2D eigenvalue weighted by molar-refractivity contribution is 14.1. The Kier molecular flexibility index (Phi) is 6.20. The third-order valence-electron chi connectivity index (χ3n) is 2.05. The molecule has 4 nitrogen and oxygen atoms in total. The van der Waals surface area contributed by atoms with Crippen LogP contribution < -0.4 is 10.6 Å². The Morgan fingerprint density at radius 2 is 2.10 bits per heavy atom. The molecule has 0 saturated heterocycles. The molecule has 0 atom stereocenters. The molecule has 0 radical (unpaired) electrons. The number of nitrogens with one attached hydrogen (secondary N) is 2. The van der Waals surface area contributed by atoms with Gasteiger partial charge in [0.1, 0.15) is 0 Å². The second-order valence-electron chi connectivity index (χ2n) is 3.56. The van der Waals surface area contributed by atoms with E-state index in [2.05, 4.69) is 50.0 Å². The topological polar surface area (TPSA) is 49.8 Å². The smallest absolute Gasteiger partial charge is 0.212 e. The standard InChI is InChI=1S/C12H11IN4S3/c1-2-7-19-12-17-16-11(20-12)15-10(18)14-9-5-3-8(13)4-6-9/h2-6H,1,7H2,(H2,14,15,16,18). The number of thiocarbonyl (C=S) groups is 1. The Hall–Kier alpha value is -0.710. The predicted octanol–water partition coefficient (Wildman–Crippen LogP) is 4.23. The summed E-state index contributed by atoms with van der Waals surface area (Å²) in [6, 6.07) is 7.98. The van der Waals surface area contributed by atoms with E-state index in [1.165, 1.54) is 14.9 Å². The molecule has 0 unspecified atom stereocenters. The summed E-state index contributed by atoms with van der Waals surface area (Å²) < 4.78 is 2.07. The van der Waals surface area contributed by atoms with E-state index < -0.39 is 0 Å². The molecule has 0 amide bonds. The Morgan fingerprint density at radius 3 is 2.80 bits per heavy atom. The molecule has 20 heavy (non-hydrogen) atoms. The van der Waals surface area contributed by atoms with Crippen molar-refractivity contribution in [2.45, 2.75) is 4.34 Å². The number of nitrogens with zero attached hydrogens (tertiary/aromatic N) is 2. The van der Waals surface area contributed by atoms with Crippen molar-refractivity contribution in [3.8, 4) is 0 Å². The van der Waals surface area contributed by atoms with Gasteiger partial charge in [-0.25, -0.2) is 0 Å². The highest BCUT2D eigenvalue weighted by atomic mass is 127. The Labute approximate surface area is 144 Å². The van der Waals surface area contributed by atoms with Gasteiger partial charge < -0.3 is 10.6 Å². The van der Waals surface area contributed by atoms with Gasteiger partial charge in [-0.2, -0.15) is 0 Å². The highest BCUT2D eigenvalue weighted by Gasteiger charge is 2.06. The number of rotatable bonds is 5. The number of halogens is 1. The third-order valence-corrected chi connectivity index (χ3v) is 4.94. The average Bonchev–Trinajstić information content (AvgIpc) is 2.86. The minimum Gasteiger partial charge on any atom is -0.332 e. The van der Waals surface area contributed by atoms with Crippen molar-refractivity contribution in [2.75, 3.05) is 16.4 Å². The van der Waals surface area contributed by atoms with Crippen molar-refractivity contribution < 1.29 is 0 Å². The molecular formula is C12H11IN4S3. The molecule has 1 aromatic heterocycles. The molecule has 0 aliphatic rings. The summed E-state index contributed by atoms with van der Waals surface area (Å²) in [6.07, 6.45) is 1.84. The lowest BCUT2D eigenvalue weighted by Crippen LogP contribution is -2.18. The van der Waals surface area contributed by atoms with E-state index in [4.69, 9.17) is 12.2 Å². The van der Waals surface area contributed by atoms with Crippen LogP contribution >= 0.6 is 57.9 Å². The van der Waals surface area contributed by atoms with Gasteiger partial charge in [0.05, 0.1) is 0 Å². The first-order valence-corrected chi connectivity index (χ1v) is 8.87. The van der Waals surface area contributed by atoms with Crippen molar-refractivity contribution in [1.82, 2.24) is 10.2 Å². The predicted molar refractivity (Wildman–Crippen MR) is 99.8 cm³/mol. The molecule has 0 bridgehead atoms. The zero-order valence-electron chi connectivity index (χ0n) is 10.3. The first kappa shape index (κ1) is 15.7. The van der Waals surface area contributed by atoms with Crippen LogP contribution in [0.3, 0.4) is 0 Å². The molecular weight excluding hydrogens is 423 g/mol. The van der Waals surface area contributed by atoms with Crippen LogP contribution in [0.15, 0.2) is 41.3 Å². The van der Waals surface area contributed by atoms with Crippen molar-refractivity contribution in [1.29, 1.82) is 0 Å². The fourth-order valence-corrected chi connectivity index (χ4v) is 3.40. The van der Waals surface area contributed by atoms with Crippen LogP contribution in [0.2, 0.25) is 0 Å². The molecule has 104 valence electrons. The number of aromatic nitrogens is 2. The molecule has 2 rings (SSSR count). The lowest BCUT2D eigenvalue weighted by molar-refractivity contribution is 1.02. The van der Waals surface area contributed by atoms with Crippen molar-refractivity contribution in [2.24, 2.45) is 0 Å². The number of hydrogen-bond acceptors (Lipinski definition) is 5. The molecule has 2 aromatic rings. The van der Waals surface area contributed by atoms with Gasteiger partial charge >= 0.3 is 0 Å². The SMILES string of the molecule is C=CCSc1nnc(NC(=S)Nc2ccc(I)cc2)s1. The summed E-state index contributed by atoms with van der Waals surface area (Å²) in [6.45, 7) is 3.67. The molecule has 0 saturated carbocycles. The van der Waals surface area contributed by atoms with Gasteiger partial charge in [0, 0.05) is 15.0 Å². The summed E-state index contributed by atoms with van der Waals surface area (Å²) in [4.78, 5) is 0. The summed E-state index contributed by atoms with van der Waals surface area (Å²) in [7, 11) is 0. The van der Waals surface area contributed by atoms with E-state index in [9.17, 15) is 0 Å². The molecule has 0 aliphatic carbocycles. The fraction of sp³-hybridized carbons (Fsp3) is 0.0833. The van der Waals surface area contributed by atoms with Crippen LogP contribution in [0.4, 0.5) is 10.8 Å². The molecule has 1 heterocycles. The maximum Gasteiger partial charge on any atom is 0.212 e. The number of thioether (sulfide) groups is 1. The van der Waals surface area contributed by atoms with E-state index in [1.54, 1.807) is 11.8 Å². The van der Waals surface area contributed by atoms with Crippen LogP contribution in [0.5, 0.6) is 0 Å². The highest BCUT2D eigenvalue weighted by Crippen LogP contribution is 2.25. The largest absolute Gasteiger partial charge is 0.332 e. The van der Waals surface area contributed by atoms with Crippen LogP contribution in [0.1, 0.15) is 0 Å². The molecule has 0 fully saturated rings. The van der Waals surface area contributed by atoms with Gasteiger partial charge in [-0.15, -0.1) is 16.8 Å². The fourth-order valence-electron chi connectivity index (χ4n) is 1.24. The second kappa shape index (κ2) is 7.91. The number of benzene rings is 1. The first-order valence-electron chi connectivity index (χ1n) is 5.58. The van der Waals surface area contributed by atoms with Gasteiger partial charge in [-0.05, 0) is 59.1 Å². The molecule has 1 aromatic carbocycles. The maximum atomic E-state index is 5.24. The Bertz CT molecular complexity index is 597. The zero-order valence-corrected chi connectivity index (χ0v) is 14.9. The summed E-state index contributed by atoms with van der Waals surface area (Å²) in [5.41, 5.74) is 0.939. The normalized spacial score (nSPS) is 10.1. The first-order chi connectivity index (χ1) is 9.67. The number of anilines is 2. The van der Waals surface area contributed by atoms with Gasteiger partial charge in [0.15, 0.2) is 9.45 Å². The van der Waals surface area contributed by atoms with Gasteiger partial charge in [-0.3, -0.25) is 0 Å². The van der Waals surface area contributed by atoms with Crippen molar-refractivity contribution in [3.63, 3.8) is 0 Å². The van der Waals surface area contributed by atoms with Crippen molar-refractivity contribution in [3.05, 3.63) is 40.5 Å². The molecule has 8 heteroatoms. The quantitative estimate of drug-likeness (QED) is 0.318. The lowest BCUT2D eigenvalue weighted by atomic mass is 10.3. The van der Waals surface area contributed by atoms with Gasteiger partial charge in [0.25, 0.3) is 0 Å². The number of hydrogen-bond donors (Lipinski definition) is 2. The van der Waals surface area contributed by atoms with Crippen LogP contribution in [-0.2, 0) is 0 Å². The van der Waals surface area contributed by atoms with E-state index in [1.807, 2.05) is 30.3 Å². The Morgan fingerprint density at radius 1 is 1.35 bits per heavy atom. The van der Waals surface area contributed by atoms with Crippen LogP contribution in [0.25, 0.3) is 0 Å². The van der Waals surface area contributed by atoms with E-state index in [0.717, 1.165) is 15.8 Å². The zero-order chi connectivity index (χ0) is 14.4. The van der Waals surface area contributed by atoms with E-state index in [-0.39, 0.29) is 0 Å². The van der Waals surface area contributed by atoms with Crippen molar-refractivity contribution >= 4 is 73.8 Å². The lowest BCUT2D eigenvalue weighted by Gasteiger charge is -2.07. The van der Waals surface area contributed by atoms with Crippen LogP contribution in [-0.4, -0.2) is 21.1 Å². The minimum atomic E-state index is 0.502. The minimum absolute atomic E-state index is 0.502. The van der Waals surface area contributed by atoms with Gasteiger partial charge in [0.2, 0.25) is 5.13 Å². The van der Waals surface area contributed by atoms with Gasteiger partial charge in [-0.1, -0.05) is 29.2 Å². The summed E-state index contributed by atoms with van der Waals surface area (Å²) in [5, 5.41) is 15.4. The van der Waals surface area contributed by atoms with E-state index >= 15 is 0 Å². The molecule has 2 N–H and O–H groups in total. The average molecular weight is 434 g/mol.